The van der Waals surface area contributed by atoms with Crippen molar-refractivity contribution in [1.82, 2.24) is 0 Å². The molecule has 1 heterocycles. The van der Waals surface area contributed by atoms with E-state index in [-0.39, 0.29) is 11.7 Å². The number of aryl methyl sites for hydroxylation is 2. The number of hydrogen-bond donors (Lipinski definition) is 0. The molecule has 0 bridgehead atoms. The molecule has 0 N–H and O–H groups in total. The highest BCUT2D eigenvalue weighted by atomic mass is 32.1. The van der Waals surface area contributed by atoms with E-state index in [2.05, 4.69) is 38.1 Å². The third kappa shape index (κ3) is 2.54. The minimum atomic E-state index is 0.0649. The summed E-state index contributed by atoms with van der Waals surface area (Å²) in [6.07, 6.45) is 0. The van der Waals surface area contributed by atoms with Gasteiger partial charge in [-0.25, -0.2) is 0 Å². The smallest absolute Gasteiger partial charge is 0.175 e. The number of rotatable bonds is 3. The zero-order chi connectivity index (χ0) is 13.3. The van der Waals surface area contributed by atoms with Gasteiger partial charge in [-0.2, -0.15) is 0 Å². The van der Waals surface area contributed by atoms with E-state index in [1.807, 2.05) is 19.9 Å². The van der Waals surface area contributed by atoms with Crippen LogP contribution in [0.1, 0.15) is 34.6 Å². The second-order valence-electron chi connectivity index (χ2n) is 5.00. The molecule has 1 aromatic carbocycles. The maximum absolute atomic E-state index is 12.0. The Hall–Kier alpha value is -1.41. The molecule has 0 radical (unpaired) electrons. The highest BCUT2D eigenvalue weighted by molar-refractivity contribution is 7.17. The van der Waals surface area contributed by atoms with Crippen LogP contribution in [-0.4, -0.2) is 5.78 Å². The Labute approximate surface area is 112 Å². The average molecular weight is 258 g/mol. The lowest BCUT2D eigenvalue weighted by Crippen LogP contribution is -2.04. The predicted octanol–water partition coefficient (Wildman–Crippen LogP) is 4.87. The van der Waals surface area contributed by atoms with Gasteiger partial charge in [0.2, 0.25) is 0 Å². The van der Waals surface area contributed by atoms with Gasteiger partial charge in [0.1, 0.15) is 0 Å². The summed E-state index contributed by atoms with van der Waals surface area (Å²) in [5, 5.41) is 0. The summed E-state index contributed by atoms with van der Waals surface area (Å²) in [6, 6.07) is 10.4. The van der Waals surface area contributed by atoms with Crippen LogP contribution in [0, 0.1) is 19.8 Å². The second kappa shape index (κ2) is 5.07. The van der Waals surface area contributed by atoms with Crippen LogP contribution < -0.4 is 0 Å². The Morgan fingerprint density at radius 3 is 2.50 bits per heavy atom. The molecule has 0 amide bonds. The number of benzene rings is 1. The number of hydrogen-bond acceptors (Lipinski definition) is 2. The minimum absolute atomic E-state index is 0.0649. The first-order chi connectivity index (χ1) is 8.49. The molecular weight excluding hydrogens is 240 g/mol. The molecule has 0 aliphatic carbocycles. The first kappa shape index (κ1) is 13.0. The van der Waals surface area contributed by atoms with Crippen molar-refractivity contribution in [1.29, 1.82) is 0 Å². The Morgan fingerprint density at radius 2 is 1.83 bits per heavy atom. The SMILES string of the molecule is Cc1ccc(C)c(-c2ccc(C(=O)C(C)C)s2)c1. The fraction of sp³-hybridized carbons (Fsp3) is 0.312. The standard InChI is InChI=1S/C16H18OS/c1-10(2)16(17)15-8-7-14(18-15)13-9-11(3)5-6-12(13)4/h5-10H,1-4H3. The topological polar surface area (TPSA) is 17.1 Å². The van der Waals surface area contributed by atoms with Crippen molar-refractivity contribution in [2.24, 2.45) is 5.92 Å². The summed E-state index contributed by atoms with van der Waals surface area (Å²) >= 11 is 1.60. The van der Waals surface area contributed by atoms with Crippen LogP contribution in [-0.2, 0) is 0 Å². The largest absolute Gasteiger partial charge is 0.293 e. The monoisotopic (exact) mass is 258 g/mol. The van der Waals surface area contributed by atoms with Crippen molar-refractivity contribution in [2.75, 3.05) is 0 Å². The third-order valence-corrected chi connectivity index (χ3v) is 4.16. The van der Waals surface area contributed by atoms with Crippen LogP contribution in [0.5, 0.6) is 0 Å². The van der Waals surface area contributed by atoms with Crippen molar-refractivity contribution < 1.29 is 4.79 Å². The molecular formula is C16H18OS. The quantitative estimate of drug-likeness (QED) is 0.718. The zero-order valence-electron chi connectivity index (χ0n) is 11.3. The Kier molecular flexibility index (Phi) is 3.67. The van der Waals surface area contributed by atoms with Crippen molar-refractivity contribution in [2.45, 2.75) is 27.7 Å². The van der Waals surface area contributed by atoms with E-state index in [1.165, 1.54) is 21.6 Å². The average Bonchev–Trinajstić information content (AvgIpc) is 2.80. The molecule has 0 atom stereocenters. The van der Waals surface area contributed by atoms with Crippen LogP contribution >= 0.6 is 11.3 Å². The predicted molar refractivity (Wildman–Crippen MR) is 78.4 cm³/mol. The minimum Gasteiger partial charge on any atom is -0.293 e. The van der Waals surface area contributed by atoms with Gasteiger partial charge in [-0.3, -0.25) is 4.79 Å². The van der Waals surface area contributed by atoms with E-state index in [0.29, 0.717) is 0 Å². The molecule has 0 fully saturated rings. The Balaban J connectivity index is 2.41. The molecule has 0 saturated heterocycles. The number of carbonyl (C=O) groups excluding carboxylic acids is 1. The van der Waals surface area contributed by atoms with Gasteiger partial charge in [0, 0.05) is 10.8 Å². The van der Waals surface area contributed by atoms with Crippen molar-refractivity contribution in [3.8, 4) is 10.4 Å². The molecule has 0 unspecified atom stereocenters. The second-order valence-corrected chi connectivity index (χ2v) is 6.09. The molecule has 2 heteroatoms. The molecule has 18 heavy (non-hydrogen) atoms. The summed E-state index contributed by atoms with van der Waals surface area (Å²) < 4.78 is 0. The fourth-order valence-corrected chi connectivity index (χ4v) is 3.08. The van der Waals surface area contributed by atoms with E-state index in [1.54, 1.807) is 11.3 Å². The van der Waals surface area contributed by atoms with Crippen LogP contribution in [0.4, 0.5) is 0 Å². The molecule has 2 aromatic rings. The van der Waals surface area contributed by atoms with Crippen molar-refractivity contribution in [3.63, 3.8) is 0 Å². The summed E-state index contributed by atoms with van der Waals surface area (Å²) in [4.78, 5) is 14.0. The van der Waals surface area contributed by atoms with Gasteiger partial charge in [0.25, 0.3) is 0 Å². The van der Waals surface area contributed by atoms with Gasteiger partial charge in [-0.05, 0) is 37.1 Å². The lowest BCUT2D eigenvalue weighted by Gasteiger charge is -2.04. The maximum Gasteiger partial charge on any atom is 0.175 e. The lowest BCUT2D eigenvalue weighted by atomic mass is 10.0. The molecule has 1 aromatic heterocycles. The number of thiophene rings is 1. The highest BCUT2D eigenvalue weighted by Crippen LogP contribution is 2.32. The number of ketones is 1. The van der Waals surface area contributed by atoms with Gasteiger partial charge >= 0.3 is 0 Å². The van der Waals surface area contributed by atoms with Crippen LogP contribution in [0.15, 0.2) is 30.3 Å². The first-order valence-corrected chi connectivity index (χ1v) is 7.02. The lowest BCUT2D eigenvalue weighted by molar-refractivity contribution is 0.0943. The molecule has 0 aliphatic heterocycles. The van der Waals surface area contributed by atoms with E-state index in [9.17, 15) is 4.79 Å². The summed E-state index contributed by atoms with van der Waals surface area (Å²) in [7, 11) is 0. The van der Waals surface area contributed by atoms with E-state index in [0.717, 1.165) is 4.88 Å². The van der Waals surface area contributed by atoms with Crippen LogP contribution in [0.2, 0.25) is 0 Å². The van der Waals surface area contributed by atoms with Gasteiger partial charge in [-0.15, -0.1) is 11.3 Å². The highest BCUT2D eigenvalue weighted by Gasteiger charge is 2.14. The molecule has 0 spiro atoms. The summed E-state index contributed by atoms with van der Waals surface area (Å²) in [6.45, 7) is 8.09. The van der Waals surface area contributed by atoms with Crippen molar-refractivity contribution >= 4 is 17.1 Å². The molecule has 0 saturated carbocycles. The summed E-state index contributed by atoms with van der Waals surface area (Å²) in [5.41, 5.74) is 3.74. The Morgan fingerprint density at radius 1 is 1.11 bits per heavy atom. The maximum atomic E-state index is 12.0. The van der Waals surface area contributed by atoms with E-state index in [4.69, 9.17) is 0 Å². The molecule has 94 valence electrons. The fourth-order valence-electron chi connectivity index (χ4n) is 1.90. The van der Waals surface area contributed by atoms with Crippen molar-refractivity contribution in [3.05, 3.63) is 46.3 Å². The molecule has 0 aliphatic rings. The van der Waals surface area contributed by atoms with Crippen LogP contribution in [0.3, 0.4) is 0 Å². The van der Waals surface area contributed by atoms with Gasteiger partial charge in [-0.1, -0.05) is 37.6 Å². The first-order valence-electron chi connectivity index (χ1n) is 6.20. The zero-order valence-corrected chi connectivity index (χ0v) is 12.1. The normalized spacial score (nSPS) is 10.9. The number of Topliss-reactive ketones (excluding diaryl/α,β-unsaturated/α-hetero) is 1. The van der Waals surface area contributed by atoms with Gasteiger partial charge < -0.3 is 0 Å². The third-order valence-electron chi connectivity index (χ3n) is 3.03. The summed E-state index contributed by atoms with van der Waals surface area (Å²) in [5.74, 6) is 0.298. The molecule has 2 rings (SSSR count). The van der Waals surface area contributed by atoms with Gasteiger partial charge in [0.15, 0.2) is 5.78 Å². The van der Waals surface area contributed by atoms with Crippen LogP contribution in [0.25, 0.3) is 10.4 Å². The Bertz CT molecular complexity index is 579. The van der Waals surface area contributed by atoms with E-state index >= 15 is 0 Å². The van der Waals surface area contributed by atoms with Gasteiger partial charge in [0.05, 0.1) is 4.88 Å². The van der Waals surface area contributed by atoms with E-state index < -0.39 is 0 Å². The number of carbonyl (C=O) groups is 1. The molecule has 1 nitrogen and oxygen atoms in total.